The Labute approximate surface area is 111 Å². The fourth-order valence-corrected chi connectivity index (χ4v) is 3.28. The lowest BCUT2D eigenvalue weighted by atomic mass is 9.83. The van der Waals surface area contributed by atoms with E-state index in [9.17, 15) is 4.79 Å². The quantitative estimate of drug-likeness (QED) is 0.766. The monoisotopic (exact) mass is 253 g/mol. The van der Waals surface area contributed by atoms with Crippen LogP contribution < -0.4 is 5.32 Å². The predicted molar refractivity (Wildman–Crippen MR) is 72.3 cm³/mol. The van der Waals surface area contributed by atoms with Crippen LogP contribution in [0.1, 0.15) is 51.9 Å². The first kappa shape index (κ1) is 13.9. The molecule has 18 heavy (non-hydrogen) atoms. The van der Waals surface area contributed by atoms with Crippen LogP contribution >= 0.6 is 0 Å². The second-order valence-corrected chi connectivity index (χ2v) is 6.22. The Morgan fingerprint density at radius 1 is 1.28 bits per heavy atom. The number of hydrogen-bond donors (Lipinski definition) is 1. The molecule has 2 aliphatic rings. The normalized spacial score (nSPS) is 32.4. The molecule has 2 fully saturated rings. The molecule has 0 radical (unpaired) electrons. The number of ether oxygens (including phenoxy) is 1. The minimum Gasteiger partial charge on any atom is -0.465 e. The van der Waals surface area contributed by atoms with Gasteiger partial charge in [-0.3, -0.25) is 4.79 Å². The van der Waals surface area contributed by atoms with Crippen LogP contribution in [0.4, 0.5) is 0 Å². The molecule has 3 nitrogen and oxygen atoms in total. The number of esters is 1. The van der Waals surface area contributed by atoms with Crippen molar-refractivity contribution in [3.05, 3.63) is 0 Å². The fraction of sp³-hybridized carbons (Fsp3) is 0.933. The molecule has 3 heteroatoms. The molecule has 1 saturated carbocycles. The molecule has 0 bridgehead atoms. The van der Waals surface area contributed by atoms with Gasteiger partial charge in [0.05, 0.1) is 6.61 Å². The van der Waals surface area contributed by atoms with Gasteiger partial charge in [0, 0.05) is 6.42 Å². The third kappa shape index (κ3) is 4.60. The van der Waals surface area contributed by atoms with Crippen LogP contribution in [0, 0.1) is 17.8 Å². The van der Waals surface area contributed by atoms with Gasteiger partial charge in [-0.1, -0.05) is 19.8 Å². The molecule has 1 aliphatic heterocycles. The predicted octanol–water partition coefficient (Wildman–Crippen LogP) is 2.75. The summed E-state index contributed by atoms with van der Waals surface area (Å²) in [6.45, 7) is 5.15. The molecule has 1 aliphatic carbocycles. The minimum absolute atomic E-state index is 0.0140. The van der Waals surface area contributed by atoms with Gasteiger partial charge in [0.2, 0.25) is 0 Å². The molecule has 2 rings (SSSR count). The zero-order valence-electron chi connectivity index (χ0n) is 11.6. The highest BCUT2D eigenvalue weighted by atomic mass is 16.5. The number of hydrogen-bond acceptors (Lipinski definition) is 3. The van der Waals surface area contributed by atoms with E-state index in [1.807, 2.05) is 0 Å². The van der Waals surface area contributed by atoms with Gasteiger partial charge in [0.25, 0.3) is 0 Å². The zero-order valence-corrected chi connectivity index (χ0v) is 11.6. The summed E-state index contributed by atoms with van der Waals surface area (Å²) >= 11 is 0. The van der Waals surface area contributed by atoms with Crippen LogP contribution in [0.25, 0.3) is 0 Å². The minimum atomic E-state index is 0.0140. The number of carbonyl (C=O) groups is 1. The standard InChI is InChI=1S/C15H27NO2/c1-12-3-2-4-14(9-12)11-18-15(17)6-5-13-7-8-16-10-13/h12-14,16H,2-11H2,1H3. The van der Waals surface area contributed by atoms with Crippen molar-refractivity contribution in [2.75, 3.05) is 19.7 Å². The van der Waals surface area contributed by atoms with E-state index in [2.05, 4.69) is 12.2 Å². The summed E-state index contributed by atoms with van der Waals surface area (Å²) in [4.78, 5) is 11.7. The highest BCUT2D eigenvalue weighted by Gasteiger charge is 2.21. The molecule has 1 saturated heterocycles. The third-order valence-corrected chi connectivity index (χ3v) is 4.44. The molecule has 0 aromatic carbocycles. The molecular weight excluding hydrogens is 226 g/mol. The number of rotatable bonds is 5. The van der Waals surface area contributed by atoms with Crippen molar-refractivity contribution in [1.82, 2.24) is 5.32 Å². The van der Waals surface area contributed by atoms with Crippen molar-refractivity contribution in [3.8, 4) is 0 Å². The van der Waals surface area contributed by atoms with Gasteiger partial charge in [0.1, 0.15) is 0 Å². The Bertz CT molecular complexity index is 261. The molecule has 1 N–H and O–H groups in total. The van der Waals surface area contributed by atoms with Crippen LogP contribution in [-0.2, 0) is 9.53 Å². The maximum absolute atomic E-state index is 11.7. The number of carbonyl (C=O) groups excluding carboxylic acids is 1. The average Bonchev–Trinajstić information content (AvgIpc) is 2.87. The molecule has 0 aromatic rings. The van der Waals surface area contributed by atoms with Crippen LogP contribution in [0.2, 0.25) is 0 Å². The summed E-state index contributed by atoms with van der Waals surface area (Å²) in [6, 6.07) is 0. The smallest absolute Gasteiger partial charge is 0.305 e. The second kappa shape index (κ2) is 7.13. The van der Waals surface area contributed by atoms with E-state index >= 15 is 0 Å². The highest BCUT2D eigenvalue weighted by molar-refractivity contribution is 5.69. The maximum Gasteiger partial charge on any atom is 0.305 e. The third-order valence-electron chi connectivity index (χ3n) is 4.44. The van der Waals surface area contributed by atoms with Crippen molar-refractivity contribution in [2.24, 2.45) is 17.8 Å². The van der Waals surface area contributed by atoms with E-state index in [4.69, 9.17) is 4.74 Å². The molecule has 0 aromatic heterocycles. The summed E-state index contributed by atoms with van der Waals surface area (Å²) in [6.07, 6.45) is 7.94. The summed E-state index contributed by atoms with van der Waals surface area (Å²) < 4.78 is 5.43. The van der Waals surface area contributed by atoms with Gasteiger partial charge >= 0.3 is 5.97 Å². The lowest BCUT2D eigenvalue weighted by Crippen LogP contribution is -2.20. The van der Waals surface area contributed by atoms with E-state index in [1.54, 1.807) is 0 Å². The summed E-state index contributed by atoms with van der Waals surface area (Å²) in [5, 5.41) is 3.33. The molecule has 0 amide bonds. The Hall–Kier alpha value is -0.570. The average molecular weight is 253 g/mol. The van der Waals surface area contributed by atoms with Crippen LogP contribution in [0.15, 0.2) is 0 Å². The first-order valence-electron chi connectivity index (χ1n) is 7.60. The van der Waals surface area contributed by atoms with Gasteiger partial charge in [-0.05, 0) is 56.5 Å². The lowest BCUT2D eigenvalue weighted by molar-refractivity contribution is -0.145. The van der Waals surface area contributed by atoms with E-state index in [0.29, 0.717) is 24.9 Å². The van der Waals surface area contributed by atoms with E-state index in [1.165, 1.54) is 32.1 Å². The molecule has 3 atom stereocenters. The Kier molecular flexibility index (Phi) is 5.48. The van der Waals surface area contributed by atoms with Gasteiger partial charge in [-0.2, -0.15) is 0 Å². The van der Waals surface area contributed by atoms with E-state index in [-0.39, 0.29) is 5.97 Å². The largest absolute Gasteiger partial charge is 0.465 e. The first-order chi connectivity index (χ1) is 8.74. The summed E-state index contributed by atoms with van der Waals surface area (Å²) in [5.74, 6) is 2.13. The SMILES string of the molecule is CC1CCCC(COC(=O)CCC2CCNC2)C1. The van der Waals surface area contributed by atoms with Crippen LogP contribution in [0.3, 0.4) is 0 Å². The Balaban J connectivity index is 1.56. The molecule has 104 valence electrons. The lowest BCUT2D eigenvalue weighted by Gasteiger charge is -2.26. The van der Waals surface area contributed by atoms with Crippen LogP contribution in [0.5, 0.6) is 0 Å². The Morgan fingerprint density at radius 2 is 2.17 bits per heavy atom. The first-order valence-corrected chi connectivity index (χ1v) is 7.60. The fourth-order valence-electron chi connectivity index (χ4n) is 3.28. The molecular formula is C15H27NO2. The molecule has 0 spiro atoms. The molecule has 1 heterocycles. The van der Waals surface area contributed by atoms with Gasteiger partial charge < -0.3 is 10.1 Å². The van der Waals surface area contributed by atoms with Crippen LogP contribution in [-0.4, -0.2) is 25.7 Å². The van der Waals surface area contributed by atoms with Crippen molar-refractivity contribution in [2.45, 2.75) is 51.9 Å². The summed E-state index contributed by atoms with van der Waals surface area (Å²) in [5.41, 5.74) is 0. The van der Waals surface area contributed by atoms with Crippen molar-refractivity contribution >= 4 is 5.97 Å². The van der Waals surface area contributed by atoms with E-state index < -0.39 is 0 Å². The molecule has 3 unspecified atom stereocenters. The summed E-state index contributed by atoms with van der Waals surface area (Å²) in [7, 11) is 0. The van der Waals surface area contributed by atoms with Crippen molar-refractivity contribution in [3.63, 3.8) is 0 Å². The number of nitrogens with one attached hydrogen (secondary N) is 1. The van der Waals surface area contributed by atoms with E-state index in [0.717, 1.165) is 25.4 Å². The zero-order chi connectivity index (χ0) is 12.8. The topological polar surface area (TPSA) is 38.3 Å². The van der Waals surface area contributed by atoms with Crippen molar-refractivity contribution in [1.29, 1.82) is 0 Å². The Morgan fingerprint density at radius 3 is 2.89 bits per heavy atom. The maximum atomic E-state index is 11.7. The second-order valence-electron chi connectivity index (χ2n) is 6.22. The highest BCUT2D eigenvalue weighted by Crippen LogP contribution is 2.28. The van der Waals surface area contributed by atoms with Gasteiger partial charge in [0.15, 0.2) is 0 Å². The van der Waals surface area contributed by atoms with Gasteiger partial charge in [-0.15, -0.1) is 0 Å². The van der Waals surface area contributed by atoms with Gasteiger partial charge in [-0.25, -0.2) is 0 Å². The van der Waals surface area contributed by atoms with Crippen molar-refractivity contribution < 1.29 is 9.53 Å².